The van der Waals surface area contributed by atoms with Gasteiger partial charge in [-0.3, -0.25) is 0 Å². The number of benzene rings is 1. The summed E-state index contributed by atoms with van der Waals surface area (Å²) in [6.45, 7) is 5.18. The van der Waals surface area contributed by atoms with E-state index in [1.807, 2.05) is 0 Å². The largest absolute Gasteiger partial charge is 0.512 e. The summed E-state index contributed by atoms with van der Waals surface area (Å²) in [5.74, 6) is -0.154. The summed E-state index contributed by atoms with van der Waals surface area (Å²) >= 11 is 0. The van der Waals surface area contributed by atoms with E-state index in [1.54, 1.807) is 45.0 Å². The normalized spacial score (nSPS) is 11.3. The van der Waals surface area contributed by atoms with Crippen molar-refractivity contribution in [3.05, 3.63) is 24.3 Å². The molecule has 0 bridgehead atoms. The molecule has 2 aromatic rings. The van der Waals surface area contributed by atoms with Gasteiger partial charge in [-0.05, 0) is 32.9 Å². The number of carbonyl (C=O) groups excluding carboxylic acids is 1. The summed E-state index contributed by atoms with van der Waals surface area (Å²) in [5.41, 5.74) is -0.268. The molecule has 7 heteroatoms. The Labute approximate surface area is 114 Å². The van der Waals surface area contributed by atoms with Crippen molar-refractivity contribution in [1.29, 1.82) is 0 Å². The Morgan fingerprint density at radius 3 is 2.50 bits per heavy atom. The molecule has 1 aromatic carbocycles. The molecule has 0 amide bonds. The minimum absolute atomic E-state index is 0.154. The quantitative estimate of drug-likeness (QED) is 0.806. The summed E-state index contributed by atoms with van der Waals surface area (Å²) in [6, 6.07) is 6.63. The minimum atomic E-state index is -1.50. The van der Waals surface area contributed by atoms with E-state index >= 15 is 0 Å². The number of carboxylic acid groups (broad SMARTS) is 1. The SMILES string of the molecule is CC(C)(C)OC(=O)n1nc(OC(=O)O)c2ccccc21. The number of ether oxygens (including phenoxy) is 2. The van der Waals surface area contributed by atoms with Crippen LogP contribution in [0.3, 0.4) is 0 Å². The van der Waals surface area contributed by atoms with Crippen molar-refractivity contribution in [3.63, 3.8) is 0 Å². The molecule has 0 aliphatic rings. The minimum Gasteiger partial charge on any atom is -0.449 e. The number of rotatable bonds is 1. The maximum atomic E-state index is 12.0. The fourth-order valence-electron chi connectivity index (χ4n) is 1.64. The van der Waals surface area contributed by atoms with Gasteiger partial charge in [-0.15, -0.1) is 5.10 Å². The number of nitrogens with zero attached hydrogens (tertiary/aromatic N) is 2. The highest BCUT2D eigenvalue weighted by atomic mass is 16.7. The molecule has 0 atom stereocenters. The van der Waals surface area contributed by atoms with Crippen molar-refractivity contribution in [3.8, 4) is 5.88 Å². The molecule has 0 fully saturated rings. The molecule has 2 rings (SSSR count). The van der Waals surface area contributed by atoms with Crippen LogP contribution in [0.5, 0.6) is 5.88 Å². The van der Waals surface area contributed by atoms with Crippen LogP contribution in [0.4, 0.5) is 9.59 Å². The van der Waals surface area contributed by atoms with Crippen LogP contribution in [0, 0.1) is 0 Å². The predicted molar refractivity (Wildman–Crippen MR) is 70.0 cm³/mol. The zero-order valence-electron chi connectivity index (χ0n) is 11.3. The third-order valence-corrected chi connectivity index (χ3v) is 2.30. The first-order valence-corrected chi connectivity index (χ1v) is 5.90. The lowest BCUT2D eigenvalue weighted by molar-refractivity contribution is 0.0518. The molecule has 1 N–H and O–H groups in total. The van der Waals surface area contributed by atoms with Crippen molar-refractivity contribution in [2.45, 2.75) is 26.4 Å². The Bertz CT molecular complexity index is 669. The van der Waals surface area contributed by atoms with Gasteiger partial charge in [0.05, 0.1) is 10.9 Å². The first-order valence-electron chi connectivity index (χ1n) is 5.90. The van der Waals surface area contributed by atoms with Gasteiger partial charge in [0.2, 0.25) is 0 Å². The standard InChI is InChI=1S/C13H14N2O5/c1-13(2,3)20-11(16)15-9-7-5-4-6-8(9)10(14-15)19-12(17)18/h4-7H,1-3H3,(H,17,18). The van der Waals surface area contributed by atoms with Crippen molar-refractivity contribution in [1.82, 2.24) is 9.78 Å². The van der Waals surface area contributed by atoms with E-state index in [2.05, 4.69) is 9.84 Å². The third-order valence-electron chi connectivity index (χ3n) is 2.30. The van der Waals surface area contributed by atoms with E-state index < -0.39 is 17.8 Å². The molecule has 0 spiro atoms. The Morgan fingerprint density at radius 1 is 1.25 bits per heavy atom. The second kappa shape index (κ2) is 4.84. The summed E-state index contributed by atoms with van der Waals surface area (Å²) in [6.07, 6.45) is -2.20. The Morgan fingerprint density at radius 2 is 1.90 bits per heavy atom. The lowest BCUT2D eigenvalue weighted by Gasteiger charge is -2.19. The van der Waals surface area contributed by atoms with Gasteiger partial charge in [-0.2, -0.15) is 4.68 Å². The molecule has 1 heterocycles. The van der Waals surface area contributed by atoms with Gasteiger partial charge >= 0.3 is 12.2 Å². The van der Waals surface area contributed by atoms with E-state index in [1.165, 1.54) is 0 Å². The van der Waals surface area contributed by atoms with Crippen molar-refractivity contribution < 1.29 is 24.2 Å². The Hall–Kier alpha value is -2.57. The van der Waals surface area contributed by atoms with Crippen LogP contribution in [0.15, 0.2) is 24.3 Å². The second-order valence-electron chi connectivity index (χ2n) is 5.08. The highest BCUT2D eigenvalue weighted by Gasteiger charge is 2.23. The molecular formula is C13H14N2O5. The summed E-state index contributed by atoms with van der Waals surface area (Å²) in [4.78, 5) is 22.7. The second-order valence-corrected chi connectivity index (χ2v) is 5.08. The molecule has 0 radical (unpaired) electrons. The summed E-state index contributed by atoms with van der Waals surface area (Å²) in [7, 11) is 0. The average Bonchev–Trinajstić information content (AvgIpc) is 2.66. The van der Waals surface area contributed by atoms with Crippen LogP contribution in [-0.4, -0.2) is 32.7 Å². The smallest absolute Gasteiger partial charge is 0.449 e. The molecule has 20 heavy (non-hydrogen) atoms. The van der Waals surface area contributed by atoms with Gasteiger partial charge in [-0.25, -0.2) is 9.59 Å². The van der Waals surface area contributed by atoms with Gasteiger partial charge in [0.15, 0.2) is 0 Å². The fourth-order valence-corrected chi connectivity index (χ4v) is 1.64. The van der Waals surface area contributed by atoms with E-state index in [9.17, 15) is 9.59 Å². The van der Waals surface area contributed by atoms with Crippen LogP contribution < -0.4 is 4.74 Å². The molecule has 7 nitrogen and oxygen atoms in total. The molecule has 0 aliphatic carbocycles. The van der Waals surface area contributed by atoms with Crippen LogP contribution in [0.2, 0.25) is 0 Å². The van der Waals surface area contributed by atoms with Crippen molar-refractivity contribution >= 4 is 23.2 Å². The van der Waals surface area contributed by atoms with Crippen LogP contribution in [0.1, 0.15) is 20.8 Å². The van der Waals surface area contributed by atoms with E-state index in [-0.39, 0.29) is 5.88 Å². The number of fused-ring (bicyclic) bond motifs is 1. The Kier molecular flexibility index (Phi) is 3.35. The van der Waals surface area contributed by atoms with Crippen LogP contribution in [0.25, 0.3) is 10.9 Å². The van der Waals surface area contributed by atoms with Gasteiger partial charge in [0, 0.05) is 0 Å². The van der Waals surface area contributed by atoms with Crippen molar-refractivity contribution in [2.24, 2.45) is 0 Å². The van der Waals surface area contributed by atoms with E-state index in [0.29, 0.717) is 10.9 Å². The van der Waals surface area contributed by atoms with E-state index in [0.717, 1.165) is 4.68 Å². The van der Waals surface area contributed by atoms with Crippen LogP contribution in [-0.2, 0) is 4.74 Å². The average molecular weight is 278 g/mol. The number of aromatic nitrogens is 2. The fraction of sp³-hybridized carbons (Fsp3) is 0.308. The lowest BCUT2D eigenvalue weighted by atomic mass is 10.2. The highest BCUT2D eigenvalue weighted by molar-refractivity contribution is 5.92. The monoisotopic (exact) mass is 278 g/mol. The zero-order chi connectivity index (χ0) is 14.9. The van der Waals surface area contributed by atoms with Crippen LogP contribution >= 0.6 is 0 Å². The number of para-hydroxylation sites is 1. The molecule has 106 valence electrons. The topological polar surface area (TPSA) is 90.7 Å². The first-order chi connectivity index (χ1) is 9.28. The van der Waals surface area contributed by atoms with Gasteiger partial charge < -0.3 is 14.6 Å². The number of hydrogen-bond acceptors (Lipinski definition) is 5. The lowest BCUT2D eigenvalue weighted by Crippen LogP contribution is -2.27. The van der Waals surface area contributed by atoms with Gasteiger partial charge in [0.25, 0.3) is 5.88 Å². The zero-order valence-corrected chi connectivity index (χ0v) is 11.3. The summed E-state index contributed by atoms with van der Waals surface area (Å²) < 4.78 is 10.8. The van der Waals surface area contributed by atoms with E-state index in [4.69, 9.17) is 9.84 Å². The predicted octanol–water partition coefficient (Wildman–Crippen LogP) is 2.88. The highest BCUT2D eigenvalue weighted by Crippen LogP contribution is 2.25. The maximum absolute atomic E-state index is 12.0. The molecule has 0 saturated carbocycles. The van der Waals surface area contributed by atoms with Crippen molar-refractivity contribution in [2.75, 3.05) is 0 Å². The molecule has 0 aliphatic heterocycles. The van der Waals surface area contributed by atoms with Gasteiger partial charge in [0.1, 0.15) is 5.60 Å². The molecule has 1 aromatic heterocycles. The molecule has 0 unspecified atom stereocenters. The molecular weight excluding hydrogens is 264 g/mol. The summed E-state index contributed by atoms with van der Waals surface area (Å²) in [5, 5.41) is 12.9. The molecule has 0 saturated heterocycles. The number of carbonyl (C=O) groups is 2. The number of hydrogen-bond donors (Lipinski definition) is 1. The Balaban J connectivity index is 2.48. The van der Waals surface area contributed by atoms with Gasteiger partial charge in [-0.1, -0.05) is 12.1 Å². The first kappa shape index (κ1) is 13.9. The maximum Gasteiger partial charge on any atom is 0.512 e. The third kappa shape index (κ3) is 2.87.